The van der Waals surface area contributed by atoms with E-state index in [1.165, 1.54) is 22.8 Å². The monoisotopic (exact) mass is 390 g/mol. The van der Waals surface area contributed by atoms with E-state index in [-0.39, 0.29) is 11.2 Å². The van der Waals surface area contributed by atoms with E-state index < -0.39 is 11.1 Å². The van der Waals surface area contributed by atoms with Crippen LogP contribution in [0.2, 0.25) is 0 Å². The highest BCUT2D eigenvalue weighted by molar-refractivity contribution is 6.03. The Hall–Kier alpha value is -4.01. The molecule has 9 heteroatoms. The quantitative estimate of drug-likeness (QED) is 0.524. The number of nitro benzene ring substituents is 1. The summed E-state index contributed by atoms with van der Waals surface area (Å²) in [5, 5.41) is 17.4. The van der Waals surface area contributed by atoms with Crippen molar-refractivity contribution in [2.45, 2.75) is 20.0 Å². The van der Waals surface area contributed by atoms with E-state index >= 15 is 0 Å². The summed E-state index contributed by atoms with van der Waals surface area (Å²) >= 11 is 0. The largest absolute Gasteiger partial charge is 0.326 e. The Morgan fingerprint density at radius 1 is 1.14 bits per heavy atom. The second-order valence-corrected chi connectivity index (χ2v) is 6.75. The van der Waals surface area contributed by atoms with Crippen molar-refractivity contribution in [3.05, 3.63) is 91.9 Å². The predicted molar refractivity (Wildman–Crippen MR) is 110 cm³/mol. The average Bonchev–Trinajstić information content (AvgIpc) is 2.67. The normalized spacial score (nSPS) is 15.1. The molecule has 0 radical (unpaired) electrons. The van der Waals surface area contributed by atoms with Gasteiger partial charge in [0, 0.05) is 35.1 Å². The Morgan fingerprint density at radius 3 is 2.69 bits per heavy atom. The lowest BCUT2D eigenvalue weighted by atomic mass is 10.1. The van der Waals surface area contributed by atoms with Gasteiger partial charge in [0.25, 0.3) is 11.2 Å². The topological polar surface area (TPSA) is 114 Å². The van der Waals surface area contributed by atoms with Gasteiger partial charge in [0.05, 0.1) is 4.92 Å². The van der Waals surface area contributed by atoms with Gasteiger partial charge < -0.3 is 5.32 Å². The molecule has 9 nitrogen and oxygen atoms in total. The third-order valence-corrected chi connectivity index (χ3v) is 4.47. The molecule has 0 saturated heterocycles. The number of nitrogens with zero attached hydrogens (tertiary/aromatic N) is 4. The number of rotatable bonds is 3. The minimum absolute atomic E-state index is 0.0703. The molecule has 3 aromatic rings. The van der Waals surface area contributed by atoms with Crippen molar-refractivity contribution in [3.63, 3.8) is 0 Å². The molecule has 0 spiro atoms. The van der Waals surface area contributed by atoms with Crippen molar-refractivity contribution in [1.29, 1.82) is 0 Å². The maximum Gasteiger partial charge on any atom is 0.269 e. The number of hydrogen-bond acceptors (Lipinski definition) is 7. The van der Waals surface area contributed by atoms with Crippen LogP contribution in [-0.2, 0) is 0 Å². The Labute approximate surface area is 165 Å². The van der Waals surface area contributed by atoms with Gasteiger partial charge in [-0.1, -0.05) is 24.3 Å². The summed E-state index contributed by atoms with van der Waals surface area (Å²) in [5.74, 6) is 0.710. The van der Waals surface area contributed by atoms with Gasteiger partial charge >= 0.3 is 0 Å². The molecule has 1 aliphatic rings. The van der Waals surface area contributed by atoms with E-state index in [0.717, 1.165) is 11.3 Å². The van der Waals surface area contributed by atoms with E-state index in [0.29, 0.717) is 23.2 Å². The maximum atomic E-state index is 12.7. The molecule has 1 unspecified atom stereocenters. The lowest BCUT2D eigenvalue weighted by molar-refractivity contribution is -0.384. The van der Waals surface area contributed by atoms with Crippen molar-refractivity contribution in [2.24, 2.45) is 4.99 Å². The average molecular weight is 390 g/mol. The highest BCUT2D eigenvalue weighted by atomic mass is 16.6. The molecular formula is C20H18N6O3. The molecule has 1 aliphatic heterocycles. The molecule has 0 fully saturated rings. The fourth-order valence-corrected chi connectivity index (χ4v) is 3.19. The number of nitrogens with one attached hydrogen (secondary N) is 2. The molecular weight excluding hydrogens is 372 g/mol. The van der Waals surface area contributed by atoms with E-state index in [2.05, 4.69) is 20.6 Å². The minimum Gasteiger partial charge on any atom is -0.326 e. The van der Waals surface area contributed by atoms with Crippen LogP contribution in [0.5, 0.6) is 0 Å². The van der Waals surface area contributed by atoms with Gasteiger partial charge in [-0.2, -0.15) is 0 Å². The Balaban J connectivity index is 1.82. The SMILES string of the molecule is Cc1cccc(NC2=NC(c3cccc([N+](=O)[O-])c3)n3c(nc(C)cc3=O)N2)c1. The molecule has 0 bridgehead atoms. The molecule has 0 amide bonds. The summed E-state index contributed by atoms with van der Waals surface area (Å²) in [4.78, 5) is 32.4. The number of fused-ring (bicyclic) bond motifs is 1. The summed E-state index contributed by atoms with van der Waals surface area (Å²) in [6.45, 7) is 3.71. The minimum atomic E-state index is -0.793. The molecule has 0 aliphatic carbocycles. The van der Waals surface area contributed by atoms with Crippen molar-refractivity contribution in [3.8, 4) is 0 Å². The molecule has 146 valence electrons. The molecule has 2 N–H and O–H groups in total. The van der Waals surface area contributed by atoms with E-state index in [9.17, 15) is 14.9 Å². The van der Waals surface area contributed by atoms with E-state index in [1.807, 2.05) is 31.2 Å². The first-order valence-electron chi connectivity index (χ1n) is 8.94. The molecule has 2 heterocycles. The zero-order valence-corrected chi connectivity index (χ0v) is 15.8. The van der Waals surface area contributed by atoms with E-state index in [4.69, 9.17) is 0 Å². The van der Waals surface area contributed by atoms with Gasteiger partial charge in [0.15, 0.2) is 6.17 Å². The number of non-ortho nitro benzene ring substituents is 1. The van der Waals surface area contributed by atoms with Crippen LogP contribution in [0.3, 0.4) is 0 Å². The number of aliphatic imine (C=N–C) groups is 1. The van der Waals surface area contributed by atoms with Crippen LogP contribution in [0, 0.1) is 24.0 Å². The Morgan fingerprint density at radius 2 is 1.93 bits per heavy atom. The first kappa shape index (κ1) is 18.4. The molecule has 1 aromatic heterocycles. The highest BCUT2D eigenvalue weighted by Crippen LogP contribution is 2.28. The molecule has 0 saturated carbocycles. The van der Waals surface area contributed by atoms with Gasteiger partial charge in [0.2, 0.25) is 11.9 Å². The first-order chi connectivity index (χ1) is 13.9. The second kappa shape index (κ2) is 7.19. The van der Waals surface area contributed by atoms with Crippen LogP contribution in [0.1, 0.15) is 23.0 Å². The third-order valence-electron chi connectivity index (χ3n) is 4.47. The molecule has 4 rings (SSSR count). The van der Waals surface area contributed by atoms with Gasteiger partial charge in [-0.15, -0.1) is 0 Å². The fourth-order valence-electron chi connectivity index (χ4n) is 3.19. The highest BCUT2D eigenvalue weighted by Gasteiger charge is 2.26. The van der Waals surface area contributed by atoms with Crippen LogP contribution < -0.4 is 16.2 Å². The summed E-state index contributed by atoms with van der Waals surface area (Å²) in [6.07, 6.45) is -0.793. The number of benzene rings is 2. The number of hydrogen-bond donors (Lipinski definition) is 2. The zero-order chi connectivity index (χ0) is 20.5. The van der Waals surface area contributed by atoms with Crippen molar-refractivity contribution in [2.75, 3.05) is 10.6 Å². The summed E-state index contributed by atoms with van der Waals surface area (Å²) in [5.41, 5.74) is 2.60. The van der Waals surface area contributed by atoms with Crippen LogP contribution in [0.4, 0.5) is 17.3 Å². The van der Waals surface area contributed by atoms with Crippen molar-refractivity contribution >= 4 is 23.3 Å². The lowest BCUT2D eigenvalue weighted by Gasteiger charge is -2.27. The lowest BCUT2D eigenvalue weighted by Crippen LogP contribution is -2.37. The second-order valence-electron chi connectivity index (χ2n) is 6.75. The predicted octanol–water partition coefficient (Wildman–Crippen LogP) is 3.21. The Bertz CT molecular complexity index is 1200. The molecule has 29 heavy (non-hydrogen) atoms. The summed E-state index contributed by atoms with van der Waals surface area (Å²) in [7, 11) is 0. The van der Waals surface area contributed by atoms with Crippen LogP contribution in [0.15, 0.2) is 64.4 Å². The number of aryl methyl sites for hydroxylation is 2. The molecule has 2 aromatic carbocycles. The fraction of sp³-hybridized carbons (Fsp3) is 0.150. The number of aromatic nitrogens is 2. The van der Waals surface area contributed by atoms with E-state index in [1.54, 1.807) is 19.1 Å². The van der Waals surface area contributed by atoms with Crippen LogP contribution in [-0.4, -0.2) is 20.4 Å². The van der Waals surface area contributed by atoms with Gasteiger partial charge in [-0.05, 0) is 31.5 Å². The number of nitro groups is 1. The van der Waals surface area contributed by atoms with Crippen LogP contribution in [0.25, 0.3) is 0 Å². The van der Waals surface area contributed by atoms with Gasteiger partial charge in [-0.25, -0.2) is 9.98 Å². The van der Waals surface area contributed by atoms with Crippen molar-refractivity contribution < 1.29 is 4.92 Å². The van der Waals surface area contributed by atoms with Gasteiger partial charge in [-0.3, -0.25) is 24.8 Å². The van der Waals surface area contributed by atoms with Crippen LogP contribution >= 0.6 is 0 Å². The summed E-state index contributed by atoms with van der Waals surface area (Å²) in [6, 6.07) is 15.2. The number of anilines is 2. The maximum absolute atomic E-state index is 12.7. The zero-order valence-electron chi connectivity index (χ0n) is 15.8. The first-order valence-corrected chi connectivity index (χ1v) is 8.94. The summed E-state index contributed by atoms with van der Waals surface area (Å²) < 4.78 is 1.38. The molecule has 1 atom stereocenters. The standard InChI is InChI=1S/C20H18N6O3/c1-12-5-3-7-15(9-12)22-19-23-18(14-6-4-8-16(11-14)26(28)29)25-17(27)10-13(2)21-20(25)24-19/h3-11,18H,1-2H3,(H2,21,22,23,24). The van der Waals surface area contributed by atoms with Crippen molar-refractivity contribution in [1.82, 2.24) is 9.55 Å². The third kappa shape index (κ3) is 3.70. The Kier molecular flexibility index (Phi) is 4.55. The van der Waals surface area contributed by atoms with Gasteiger partial charge in [0.1, 0.15) is 0 Å². The number of guanidine groups is 1. The smallest absolute Gasteiger partial charge is 0.269 e.